The fourth-order valence-electron chi connectivity index (χ4n) is 2.45. The molecule has 27 heavy (non-hydrogen) atoms. The summed E-state index contributed by atoms with van der Waals surface area (Å²) in [5.74, 6) is 0.101. The summed E-state index contributed by atoms with van der Waals surface area (Å²) in [6.45, 7) is 0. The van der Waals surface area contributed by atoms with Crippen molar-refractivity contribution in [2.24, 2.45) is 0 Å². The van der Waals surface area contributed by atoms with Crippen molar-refractivity contribution in [1.29, 1.82) is 0 Å². The Bertz CT molecular complexity index is 1050. The molecule has 3 rings (SSSR count). The zero-order chi connectivity index (χ0) is 19.7. The van der Waals surface area contributed by atoms with E-state index in [9.17, 15) is 21.6 Å². The highest BCUT2D eigenvalue weighted by atomic mass is 32.2. The van der Waals surface area contributed by atoms with Crippen molar-refractivity contribution in [2.75, 3.05) is 11.0 Å². The third-order valence-electron chi connectivity index (χ3n) is 3.62. The summed E-state index contributed by atoms with van der Waals surface area (Å²) >= 11 is 0. The lowest BCUT2D eigenvalue weighted by atomic mass is 9.99. The van der Waals surface area contributed by atoms with Crippen LogP contribution in [0.5, 0.6) is 0 Å². The van der Waals surface area contributed by atoms with Crippen LogP contribution in [0, 0.1) is 0 Å². The quantitative estimate of drug-likeness (QED) is 0.709. The first-order valence-electron chi connectivity index (χ1n) is 7.67. The van der Waals surface area contributed by atoms with Gasteiger partial charge in [-0.3, -0.25) is 0 Å². The molecular formula is C17H14F3N3O3S. The molecule has 0 atom stereocenters. The molecule has 0 spiro atoms. The second-order valence-electron chi connectivity index (χ2n) is 5.82. The molecule has 3 aromatic rings. The Morgan fingerprint density at radius 1 is 1.04 bits per heavy atom. The van der Waals surface area contributed by atoms with Crippen LogP contribution in [0.1, 0.15) is 16.7 Å². The van der Waals surface area contributed by atoms with Gasteiger partial charge in [0.2, 0.25) is 15.9 Å². The fourth-order valence-corrected chi connectivity index (χ4v) is 2.85. The Morgan fingerprint density at radius 3 is 2.33 bits per heavy atom. The number of nitrogens with zero attached hydrogens (tertiary/aromatic N) is 2. The summed E-state index contributed by atoms with van der Waals surface area (Å²) < 4.78 is 67.9. The number of sulfonamides is 1. The molecule has 2 aromatic carbocycles. The van der Waals surface area contributed by atoms with Crippen molar-refractivity contribution in [1.82, 2.24) is 10.2 Å². The van der Waals surface area contributed by atoms with Crippen molar-refractivity contribution in [3.05, 3.63) is 65.2 Å². The molecule has 0 unspecified atom stereocenters. The summed E-state index contributed by atoms with van der Waals surface area (Å²) in [5.41, 5.74) is 1.26. The van der Waals surface area contributed by atoms with Crippen LogP contribution in [-0.4, -0.2) is 24.9 Å². The highest BCUT2D eigenvalue weighted by Crippen LogP contribution is 2.30. The van der Waals surface area contributed by atoms with Gasteiger partial charge < -0.3 is 4.42 Å². The monoisotopic (exact) mass is 397 g/mol. The lowest BCUT2D eigenvalue weighted by Crippen LogP contribution is -2.09. The van der Waals surface area contributed by atoms with E-state index in [2.05, 4.69) is 14.9 Å². The van der Waals surface area contributed by atoms with Crippen molar-refractivity contribution in [3.8, 4) is 11.5 Å². The molecule has 0 saturated heterocycles. The molecule has 0 bridgehead atoms. The van der Waals surface area contributed by atoms with E-state index in [1.165, 1.54) is 12.1 Å². The van der Waals surface area contributed by atoms with Crippen molar-refractivity contribution >= 4 is 16.0 Å². The summed E-state index contributed by atoms with van der Waals surface area (Å²) in [4.78, 5) is 0. The van der Waals surface area contributed by atoms with Gasteiger partial charge in [-0.25, -0.2) is 13.1 Å². The average molecular weight is 397 g/mol. The number of rotatable bonds is 5. The number of hydrogen-bond acceptors (Lipinski definition) is 5. The van der Waals surface area contributed by atoms with Gasteiger partial charge >= 0.3 is 12.2 Å². The lowest BCUT2D eigenvalue weighted by Gasteiger charge is -2.09. The molecule has 1 heterocycles. The van der Waals surface area contributed by atoms with Crippen LogP contribution in [0.25, 0.3) is 11.5 Å². The zero-order valence-corrected chi connectivity index (χ0v) is 14.8. The molecule has 0 aliphatic rings. The van der Waals surface area contributed by atoms with Crippen LogP contribution < -0.4 is 4.72 Å². The summed E-state index contributed by atoms with van der Waals surface area (Å²) in [5, 5.41) is 7.46. The van der Waals surface area contributed by atoms with E-state index in [1.54, 1.807) is 24.3 Å². The van der Waals surface area contributed by atoms with Crippen LogP contribution in [0.15, 0.2) is 52.9 Å². The number of hydrogen-bond donors (Lipinski definition) is 1. The molecule has 0 radical (unpaired) electrons. The molecule has 0 fully saturated rings. The minimum atomic E-state index is -4.39. The summed E-state index contributed by atoms with van der Waals surface area (Å²) in [7, 11) is -3.56. The number of alkyl halides is 3. The Hall–Kier alpha value is -2.88. The largest absolute Gasteiger partial charge is 0.416 e. The minimum Gasteiger partial charge on any atom is -0.403 e. The molecular weight excluding hydrogens is 383 g/mol. The number of nitrogens with one attached hydrogen (secondary N) is 1. The first-order valence-corrected chi connectivity index (χ1v) is 9.57. The van der Waals surface area contributed by atoms with Crippen LogP contribution in [-0.2, 0) is 22.6 Å². The van der Waals surface area contributed by atoms with Gasteiger partial charge in [-0.2, -0.15) is 13.2 Å². The molecule has 0 amide bonds. The number of halogens is 3. The van der Waals surface area contributed by atoms with E-state index in [1.807, 2.05) is 0 Å². The predicted octanol–water partition coefficient (Wildman–Crippen LogP) is 3.72. The average Bonchev–Trinajstić information content (AvgIpc) is 3.01. The van der Waals surface area contributed by atoms with Crippen molar-refractivity contribution < 1.29 is 26.0 Å². The topological polar surface area (TPSA) is 85.1 Å². The smallest absolute Gasteiger partial charge is 0.403 e. The van der Waals surface area contributed by atoms with E-state index < -0.39 is 21.8 Å². The third kappa shape index (κ3) is 4.85. The number of aromatic nitrogens is 2. The Kier molecular flexibility index (Phi) is 4.92. The lowest BCUT2D eigenvalue weighted by molar-refractivity contribution is -0.137. The molecule has 0 aliphatic carbocycles. The van der Waals surface area contributed by atoms with Crippen molar-refractivity contribution in [2.45, 2.75) is 12.6 Å². The van der Waals surface area contributed by atoms with E-state index in [4.69, 9.17) is 4.42 Å². The Balaban J connectivity index is 1.86. The third-order valence-corrected chi connectivity index (χ3v) is 4.17. The molecule has 0 aliphatic heterocycles. The first kappa shape index (κ1) is 18.9. The normalized spacial score (nSPS) is 12.1. The predicted molar refractivity (Wildman–Crippen MR) is 92.5 cm³/mol. The van der Waals surface area contributed by atoms with E-state index in [0.29, 0.717) is 17.5 Å². The Labute approximate surface area is 153 Å². The first-order chi connectivity index (χ1) is 12.6. The maximum atomic E-state index is 12.7. The molecule has 142 valence electrons. The van der Waals surface area contributed by atoms with Gasteiger partial charge in [0.25, 0.3) is 0 Å². The van der Waals surface area contributed by atoms with E-state index >= 15 is 0 Å². The maximum absolute atomic E-state index is 12.7. The van der Waals surface area contributed by atoms with Gasteiger partial charge in [0.15, 0.2) is 0 Å². The van der Waals surface area contributed by atoms with Crippen LogP contribution >= 0.6 is 0 Å². The fraction of sp³-hybridized carbons (Fsp3) is 0.176. The summed E-state index contributed by atoms with van der Waals surface area (Å²) in [6.07, 6.45) is -3.09. The van der Waals surface area contributed by atoms with Gasteiger partial charge in [-0.05, 0) is 35.7 Å². The van der Waals surface area contributed by atoms with Crippen molar-refractivity contribution in [3.63, 3.8) is 0 Å². The SMILES string of the molecule is CS(=O)(=O)Nc1nnc(-c2ccccc2Cc2ccc(C(F)(F)F)cc2)o1. The maximum Gasteiger partial charge on any atom is 0.416 e. The van der Waals surface area contributed by atoms with Gasteiger partial charge in [-0.15, -0.1) is 5.10 Å². The van der Waals surface area contributed by atoms with Gasteiger partial charge in [0.1, 0.15) is 0 Å². The highest BCUT2D eigenvalue weighted by Gasteiger charge is 2.29. The van der Waals surface area contributed by atoms with E-state index in [0.717, 1.165) is 24.0 Å². The van der Waals surface area contributed by atoms with Crippen LogP contribution in [0.2, 0.25) is 0 Å². The van der Waals surface area contributed by atoms with Gasteiger partial charge in [0.05, 0.1) is 11.8 Å². The molecule has 1 N–H and O–H groups in total. The summed E-state index contributed by atoms with van der Waals surface area (Å²) in [6, 6.07) is 11.6. The molecule has 6 nitrogen and oxygen atoms in total. The molecule has 10 heteroatoms. The second kappa shape index (κ2) is 7.03. The Morgan fingerprint density at radius 2 is 1.70 bits per heavy atom. The van der Waals surface area contributed by atoms with Crippen LogP contribution in [0.3, 0.4) is 0 Å². The van der Waals surface area contributed by atoms with Gasteiger partial charge in [0, 0.05) is 5.56 Å². The number of benzene rings is 2. The zero-order valence-electron chi connectivity index (χ0n) is 14.0. The number of anilines is 1. The second-order valence-corrected chi connectivity index (χ2v) is 7.56. The van der Waals surface area contributed by atoms with Crippen LogP contribution in [0.4, 0.5) is 19.2 Å². The minimum absolute atomic E-state index is 0.101. The van der Waals surface area contributed by atoms with E-state index in [-0.39, 0.29) is 11.9 Å². The van der Waals surface area contributed by atoms with Gasteiger partial charge in [-0.1, -0.05) is 35.4 Å². The standard InChI is InChI=1S/C17H14F3N3O3S/c1-27(24,25)23-16-22-21-15(26-16)14-5-3-2-4-12(14)10-11-6-8-13(9-7-11)17(18,19)20/h2-9H,10H2,1H3,(H,22,23). The molecule has 0 saturated carbocycles. The molecule has 1 aromatic heterocycles. The highest BCUT2D eigenvalue weighted by molar-refractivity contribution is 7.91.